The summed E-state index contributed by atoms with van der Waals surface area (Å²) in [6, 6.07) is 9.33. The summed E-state index contributed by atoms with van der Waals surface area (Å²) in [5.74, 6) is 1.14. The number of hydrogen-bond donors (Lipinski definition) is 3. The molecule has 2 aromatic rings. The summed E-state index contributed by atoms with van der Waals surface area (Å²) in [7, 11) is 7.53. The quantitative estimate of drug-likeness (QED) is 0.370. The molecule has 4 aliphatic rings. The van der Waals surface area contributed by atoms with Crippen molar-refractivity contribution in [1.82, 2.24) is 35.2 Å². The number of allylic oxidation sites excluding steroid dienone is 2. The van der Waals surface area contributed by atoms with Gasteiger partial charge >= 0.3 is 5.69 Å². The Morgan fingerprint density at radius 1 is 1.24 bits per heavy atom. The minimum atomic E-state index is -0.717. The maximum atomic E-state index is 13.1. The molecule has 0 radical (unpaired) electrons. The number of aryl methyl sites for hydroxylation is 1. The number of benzene rings is 1. The van der Waals surface area contributed by atoms with Gasteiger partial charge in [0.05, 0.1) is 11.5 Å². The third-order valence-corrected chi connectivity index (χ3v) is 10.6. The first-order valence-electron chi connectivity index (χ1n) is 16.3. The van der Waals surface area contributed by atoms with Crippen molar-refractivity contribution in [3.8, 4) is 6.07 Å². The van der Waals surface area contributed by atoms with E-state index in [2.05, 4.69) is 81.9 Å². The van der Waals surface area contributed by atoms with Gasteiger partial charge in [-0.15, -0.1) is 0 Å². The highest BCUT2D eigenvalue weighted by Crippen LogP contribution is 2.52. The molecule has 3 aliphatic carbocycles. The Balaban J connectivity index is 1.41. The molecule has 1 aromatic heterocycles. The van der Waals surface area contributed by atoms with Crippen molar-refractivity contribution < 1.29 is 4.79 Å². The summed E-state index contributed by atoms with van der Waals surface area (Å²) >= 11 is 0. The fraction of sp³-hybridized carbons (Fsp3) is 0.500. The highest BCUT2D eigenvalue weighted by molar-refractivity contribution is 5.96. The average Bonchev–Trinajstić information content (AvgIpc) is 3.53. The van der Waals surface area contributed by atoms with Gasteiger partial charge in [-0.2, -0.15) is 10.4 Å². The van der Waals surface area contributed by atoms with Crippen molar-refractivity contribution in [3.63, 3.8) is 0 Å². The molecular weight excluding hydrogens is 576 g/mol. The van der Waals surface area contributed by atoms with Gasteiger partial charge in [0.1, 0.15) is 11.9 Å². The number of carbonyl (C=O) groups excluding carboxylic acids is 1. The zero-order valence-corrected chi connectivity index (χ0v) is 27.6. The highest BCUT2D eigenvalue weighted by Gasteiger charge is 2.53. The molecule has 1 aromatic carbocycles. The van der Waals surface area contributed by atoms with Crippen molar-refractivity contribution in [1.29, 1.82) is 5.26 Å². The van der Waals surface area contributed by atoms with E-state index in [1.165, 1.54) is 5.56 Å². The molecule has 1 amide bonds. The average molecular weight is 623 g/mol. The molecule has 2 heterocycles. The molecular formula is C36H46N8O2. The number of amides is 1. The summed E-state index contributed by atoms with van der Waals surface area (Å²) in [4.78, 5) is 34.7. The number of piperidine rings is 1. The SMILES string of the molecule is C=C(c1ccc2c(c1)CCC1C=C(C(=O)N(C)C)C=CC1C2(C[C@H](C)NCC(=C)N1C(C#N)C[C@@H]2C[C@@H]21)c1n[nH]c(=O)[nH]1)N(C)C. The van der Waals surface area contributed by atoms with Crippen LogP contribution < -0.4 is 11.0 Å². The fourth-order valence-corrected chi connectivity index (χ4v) is 8.18. The Kier molecular flexibility index (Phi) is 8.32. The highest BCUT2D eigenvalue weighted by atomic mass is 16.2. The minimum absolute atomic E-state index is 0.0136. The number of rotatable bonds is 10. The summed E-state index contributed by atoms with van der Waals surface area (Å²) in [6.45, 7) is 11.4. The Morgan fingerprint density at radius 3 is 2.70 bits per heavy atom. The first kappa shape index (κ1) is 31.6. The van der Waals surface area contributed by atoms with E-state index in [1.54, 1.807) is 19.0 Å². The fourth-order valence-electron chi connectivity index (χ4n) is 8.18. The second kappa shape index (κ2) is 12.1. The largest absolute Gasteiger partial charge is 0.378 e. The van der Waals surface area contributed by atoms with E-state index in [4.69, 9.17) is 0 Å². The number of aromatic nitrogens is 3. The second-order valence-corrected chi connectivity index (χ2v) is 14.0. The number of likely N-dealkylation sites (N-methyl/N-ethyl adjacent to an activating group) is 1. The Labute approximate surface area is 271 Å². The normalized spacial score (nSPS) is 28.1. The standard InChI is InChI=1S/C36H46N8O2/c1-21(38-20-22(2)44-29(19-37)16-28-17-32(28)44)18-36(34-39-35(46)41-40-34)30-12-10-24(23(3)42(4)5)14-25(30)8-9-26-15-27(11-13-31(26)36)33(45)43(6)7/h10-15,21,26,28-29,31-32,38H,2-3,8-9,16-18,20H2,1,4-7H3,(H2,39,40,41,46)/t21-,26?,28+,29?,31?,32-,36?/m0/s1. The zero-order valence-electron chi connectivity index (χ0n) is 27.6. The topological polar surface area (TPSA) is 124 Å². The number of carbonyl (C=O) groups is 1. The second-order valence-electron chi connectivity index (χ2n) is 14.0. The van der Waals surface area contributed by atoms with Crippen LogP contribution in [0.5, 0.6) is 0 Å². The van der Waals surface area contributed by atoms with Crippen molar-refractivity contribution in [2.45, 2.75) is 62.6 Å². The first-order chi connectivity index (χ1) is 21.9. The molecule has 2 fully saturated rings. The monoisotopic (exact) mass is 622 g/mol. The van der Waals surface area contributed by atoms with Gasteiger partial charge in [0.15, 0.2) is 0 Å². The molecule has 6 rings (SSSR count). The number of hydrogen-bond acceptors (Lipinski definition) is 7. The predicted octanol–water partition coefficient (Wildman–Crippen LogP) is 3.55. The number of nitrogens with one attached hydrogen (secondary N) is 3. The molecule has 7 atom stereocenters. The Hall–Kier alpha value is -4.36. The van der Waals surface area contributed by atoms with E-state index in [0.29, 0.717) is 36.3 Å². The van der Waals surface area contributed by atoms with E-state index < -0.39 is 5.41 Å². The van der Waals surface area contributed by atoms with E-state index in [-0.39, 0.29) is 35.5 Å². The van der Waals surface area contributed by atoms with Crippen LogP contribution in [0.3, 0.4) is 0 Å². The lowest BCUT2D eigenvalue weighted by Crippen LogP contribution is -2.47. The smallest absolute Gasteiger partial charge is 0.340 e. The molecule has 4 unspecified atom stereocenters. The maximum absolute atomic E-state index is 13.1. The van der Waals surface area contributed by atoms with Gasteiger partial charge in [-0.1, -0.05) is 43.5 Å². The van der Waals surface area contributed by atoms with E-state index in [9.17, 15) is 14.9 Å². The predicted molar refractivity (Wildman–Crippen MR) is 179 cm³/mol. The van der Waals surface area contributed by atoms with Crippen LogP contribution in [0.15, 0.2) is 65.6 Å². The van der Waals surface area contributed by atoms with Crippen LogP contribution in [0, 0.1) is 29.1 Å². The molecule has 1 aliphatic heterocycles. The van der Waals surface area contributed by atoms with Crippen molar-refractivity contribution in [3.05, 3.63) is 93.9 Å². The minimum Gasteiger partial charge on any atom is -0.378 e. The number of aromatic amines is 2. The van der Waals surface area contributed by atoms with Crippen LogP contribution in [-0.2, 0) is 16.6 Å². The van der Waals surface area contributed by atoms with E-state index in [1.807, 2.05) is 25.1 Å². The molecule has 1 saturated carbocycles. The lowest BCUT2D eigenvalue weighted by molar-refractivity contribution is -0.124. The van der Waals surface area contributed by atoms with Gasteiger partial charge in [-0.3, -0.25) is 9.78 Å². The summed E-state index contributed by atoms with van der Waals surface area (Å²) < 4.78 is 0. The van der Waals surface area contributed by atoms with Crippen molar-refractivity contribution >= 4 is 11.6 Å². The van der Waals surface area contributed by atoms with Gasteiger partial charge in [-0.05, 0) is 73.6 Å². The molecule has 10 nitrogen and oxygen atoms in total. The van der Waals surface area contributed by atoms with Gasteiger partial charge in [0.25, 0.3) is 5.91 Å². The van der Waals surface area contributed by atoms with Crippen LogP contribution in [-0.4, -0.2) is 88.6 Å². The maximum Gasteiger partial charge on any atom is 0.340 e. The van der Waals surface area contributed by atoms with Gasteiger partial charge in [0, 0.05) is 69.7 Å². The molecule has 0 bridgehead atoms. The number of H-pyrrole nitrogens is 2. The van der Waals surface area contributed by atoms with Crippen molar-refractivity contribution in [2.24, 2.45) is 17.8 Å². The van der Waals surface area contributed by atoms with Crippen LogP contribution in [0.1, 0.15) is 55.1 Å². The third kappa shape index (κ3) is 5.51. The number of nitrogens with zero attached hydrogens (tertiary/aromatic N) is 5. The van der Waals surface area contributed by atoms with Crippen molar-refractivity contribution in [2.75, 3.05) is 34.7 Å². The Bertz CT molecular complexity index is 1710. The van der Waals surface area contributed by atoms with Crippen LogP contribution in [0.2, 0.25) is 0 Å². The third-order valence-electron chi connectivity index (χ3n) is 10.6. The molecule has 0 spiro atoms. The van der Waals surface area contributed by atoms with Gasteiger partial charge in [0.2, 0.25) is 0 Å². The van der Waals surface area contributed by atoms with Crippen LogP contribution >= 0.6 is 0 Å². The van der Waals surface area contributed by atoms with Crippen LogP contribution in [0.4, 0.5) is 0 Å². The van der Waals surface area contributed by atoms with Gasteiger partial charge < -0.3 is 20.0 Å². The van der Waals surface area contributed by atoms with Gasteiger partial charge in [-0.25, -0.2) is 9.89 Å². The molecule has 3 N–H and O–H groups in total. The van der Waals surface area contributed by atoms with Crippen LogP contribution in [0.25, 0.3) is 5.70 Å². The summed E-state index contributed by atoms with van der Waals surface area (Å²) in [6.07, 6.45) is 10.6. The number of fused-ring (bicyclic) bond motifs is 3. The van der Waals surface area contributed by atoms with E-state index >= 15 is 0 Å². The van der Waals surface area contributed by atoms with E-state index in [0.717, 1.165) is 48.2 Å². The lowest BCUT2D eigenvalue weighted by Gasteiger charge is -2.43. The molecule has 1 saturated heterocycles. The number of nitriles is 1. The Morgan fingerprint density at radius 2 is 2.02 bits per heavy atom. The molecule has 10 heteroatoms. The summed E-state index contributed by atoms with van der Waals surface area (Å²) in [5, 5.41) is 20.7. The number of likely N-dealkylation sites (tertiary alicyclic amines) is 1. The lowest BCUT2D eigenvalue weighted by atomic mass is 9.61. The zero-order chi connectivity index (χ0) is 32.9. The molecule has 46 heavy (non-hydrogen) atoms. The molecule has 242 valence electrons. The summed E-state index contributed by atoms with van der Waals surface area (Å²) in [5.41, 5.74) is 4.84. The first-order valence-corrected chi connectivity index (χ1v) is 16.3.